The lowest BCUT2D eigenvalue weighted by Gasteiger charge is -2.32. The first kappa shape index (κ1) is 17.1. The normalized spacial score (nSPS) is 15.0. The smallest absolute Gasteiger partial charge is 0.270 e. The van der Waals surface area contributed by atoms with Gasteiger partial charge < -0.3 is 9.64 Å². The number of hydrogen-bond acceptors (Lipinski definition) is 6. The molecule has 0 bridgehead atoms. The van der Waals surface area contributed by atoms with Crippen molar-refractivity contribution in [1.82, 2.24) is 14.9 Å². The van der Waals surface area contributed by atoms with Crippen LogP contribution in [0, 0.1) is 10.1 Å². The van der Waals surface area contributed by atoms with E-state index in [1.54, 1.807) is 17.2 Å². The second-order valence-electron chi connectivity index (χ2n) is 5.58. The molecule has 0 N–H and O–H groups in total. The van der Waals surface area contributed by atoms with Crippen LogP contribution >= 0.6 is 11.6 Å². The fourth-order valence-corrected chi connectivity index (χ4v) is 2.86. The minimum Gasteiger partial charge on any atom is -0.474 e. The monoisotopic (exact) mass is 362 g/mol. The summed E-state index contributed by atoms with van der Waals surface area (Å²) >= 11 is 6.04. The van der Waals surface area contributed by atoms with Crippen LogP contribution in [-0.4, -0.2) is 44.9 Å². The van der Waals surface area contributed by atoms with E-state index in [1.807, 2.05) is 0 Å². The van der Waals surface area contributed by atoms with Gasteiger partial charge in [-0.25, -0.2) is 9.97 Å². The SMILES string of the molecule is O=C(c1cc([N+](=O)[O-])ccc1Cl)N1CCC(Oc2ccncn2)CC1. The maximum atomic E-state index is 12.6. The number of carbonyl (C=O) groups is 1. The molecule has 2 heterocycles. The summed E-state index contributed by atoms with van der Waals surface area (Å²) < 4.78 is 5.76. The van der Waals surface area contributed by atoms with Crippen molar-refractivity contribution in [2.24, 2.45) is 0 Å². The Bertz CT molecular complexity index is 779. The maximum Gasteiger partial charge on any atom is 0.270 e. The fraction of sp³-hybridized carbons (Fsp3) is 0.312. The molecule has 0 radical (unpaired) electrons. The lowest BCUT2D eigenvalue weighted by molar-refractivity contribution is -0.384. The summed E-state index contributed by atoms with van der Waals surface area (Å²) in [5.74, 6) is 0.190. The summed E-state index contributed by atoms with van der Waals surface area (Å²) in [5, 5.41) is 11.1. The number of nitro benzene ring substituents is 1. The summed E-state index contributed by atoms with van der Waals surface area (Å²) in [4.78, 5) is 32.4. The molecule has 130 valence electrons. The van der Waals surface area contributed by atoms with Crippen LogP contribution in [0.1, 0.15) is 23.2 Å². The van der Waals surface area contributed by atoms with Crippen LogP contribution < -0.4 is 4.74 Å². The predicted octanol–water partition coefficient (Wildman–Crippen LogP) is 2.72. The van der Waals surface area contributed by atoms with Crippen LogP contribution in [0.3, 0.4) is 0 Å². The van der Waals surface area contributed by atoms with Gasteiger partial charge >= 0.3 is 0 Å². The molecule has 1 aliphatic rings. The van der Waals surface area contributed by atoms with E-state index >= 15 is 0 Å². The van der Waals surface area contributed by atoms with E-state index in [9.17, 15) is 14.9 Å². The Hall–Kier alpha value is -2.74. The molecule has 1 amide bonds. The highest BCUT2D eigenvalue weighted by Gasteiger charge is 2.27. The Labute approximate surface area is 148 Å². The largest absolute Gasteiger partial charge is 0.474 e. The molecule has 1 saturated heterocycles. The Morgan fingerprint density at radius 2 is 2.08 bits per heavy atom. The average Bonchev–Trinajstić information content (AvgIpc) is 2.63. The van der Waals surface area contributed by atoms with Crippen molar-refractivity contribution in [3.05, 3.63) is 57.5 Å². The molecular weight excluding hydrogens is 348 g/mol. The van der Waals surface area contributed by atoms with Crippen LogP contribution in [0.15, 0.2) is 36.8 Å². The molecule has 25 heavy (non-hydrogen) atoms. The molecule has 0 spiro atoms. The number of likely N-dealkylation sites (tertiary alicyclic amines) is 1. The van der Waals surface area contributed by atoms with Gasteiger partial charge in [0.15, 0.2) is 0 Å². The number of hydrogen-bond donors (Lipinski definition) is 0. The van der Waals surface area contributed by atoms with Crippen molar-refractivity contribution in [3.63, 3.8) is 0 Å². The summed E-state index contributed by atoms with van der Waals surface area (Å²) in [5.41, 5.74) is -0.0132. The van der Waals surface area contributed by atoms with Crippen molar-refractivity contribution >= 4 is 23.2 Å². The molecule has 1 aromatic carbocycles. The quantitative estimate of drug-likeness (QED) is 0.612. The van der Waals surface area contributed by atoms with Gasteiger partial charge in [-0.2, -0.15) is 0 Å². The number of piperidine rings is 1. The topological polar surface area (TPSA) is 98.5 Å². The first-order chi connectivity index (χ1) is 12.0. The molecule has 0 aliphatic carbocycles. The van der Waals surface area contributed by atoms with E-state index in [4.69, 9.17) is 16.3 Å². The van der Waals surface area contributed by atoms with Crippen LogP contribution in [0.4, 0.5) is 5.69 Å². The summed E-state index contributed by atoms with van der Waals surface area (Å²) in [6, 6.07) is 5.55. The molecule has 0 atom stereocenters. The van der Waals surface area contributed by atoms with Crippen LogP contribution in [-0.2, 0) is 0 Å². The lowest BCUT2D eigenvalue weighted by atomic mass is 10.1. The molecule has 2 aromatic rings. The minimum atomic E-state index is -0.547. The highest BCUT2D eigenvalue weighted by molar-refractivity contribution is 6.33. The number of carbonyl (C=O) groups excluding carboxylic acids is 1. The molecule has 1 aromatic heterocycles. The predicted molar refractivity (Wildman–Crippen MR) is 89.7 cm³/mol. The molecule has 3 rings (SSSR count). The van der Waals surface area contributed by atoms with Gasteiger partial charge in [-0.3, -0.25) is 14.9 Å². The number of benzene rings is 1. The van der Waals surface area contributed by atoms with Crippen LogP contribution in [0.2, 0.25) is 5.02 Å². The van der Waals surface area contributed by atoms with Gasteiger partial charge in [0, 0.05) is 50.3 Å². The number of non-ortho nitro benzene ring substituents is 1. The minimum absolute atomic E-state index is 0.0421. The third-order valence-electron chi connectivity index (χ3n) is 3.96. The maximum absolute atomic E-state index is 12.6. The highest BCUT2D eigenvalue weighted by Crippen LogP contribution is 2.25. The number of ether oxygens (including phenoxy) is 1. The number of nitrogens with zero attached hydrogens (tertiary/aromatic N) is 4. The van der Waals surface area contributed by atoms with E-state index in [0.717, 1.165) is 0 Å². The van der Waals surface area contributed by atoms with E-state index in [2.05, 4.69) is 9.97 Å². The van der Waals surface area contributed by atoms with Crippen LogP contribution in [0.25, 0.3) is 0 Å². The molecule has 1 fully saturated rings. The third kappa shape index (κ3) is 4.03. The summed E-state index contributed by atoms with van der Waals surface area (Å²) in [6.45, 7) is 0.960. The summed E-state index contributed by atoms with van der Waals surface area (Å²) in [7, 11) is 0. The van der Waals surface area contributed by atoms with E-state index in [-0.39, 0.29) is 28.3 Å². The van der Waals surface area contributed by atoms with Crippen molar-refractivity contribution in [2.75, 3.05) is 13.1 Å². The highest BCUT2D eigenvalue weighted by atomic mass is 35.5. The zero-order valence-electron chi connectivity index (χ0n) is 13.2. The molecule has 0 unspecified atom stereocenters. The zero-order chi connectivity index (χ0) is 17.8. The van der Waals surface area contributed by atoms with Gasteiger partial charge in [-0.1, -0.05) is 11.6 Å². The average molecular weight is 363 g/mol. The molecule has 8 nitrogen and oxygen atoms in total. The van der Waals surface area contributed by atoms with E-state index in [1.165, 1.54) is 24.5 Å². The number of rotatable bonds is 4. The zero-order valence-corrected chi connectivity index (χ0v) is 13.9. The van der Waals surface area contributed by atoms with Gasteiger partial charge in [0.2, 0.25) is 5.88 Å². The molecule has 1 aliphatic heterocycles. The van der Waals surface area contributed by atoms with E-state index < -0.39 is 4.92 Å². The number of amides is 1. The Kier molecular flexibility index (Phi) is 5.08. The van der Waals surface area contributed by atoms with Crippen molar-refractivity contribution in [2.45, 2.75) is 18.9 Å². The van der Waals surface area contributed by atoms with Gasteiger partial charge in [0.25, 0.3) is 11.6 Å². The van der Waals surface area contributed by atoms with Gasteiger partial charge in [0.1, 0.15) is 12.4 Å². The van der Waals surface area contributed by atoms with Crippen molar-refractivity contribution in [3.8, 4) is 5.88 Å². The van der Waals surface area contributed by atoms with Crippen LogP contribution in [0.5, 0.6) is 5.88 Å². The van der Waals surface area contributed by atoms with Gasteiger partial charge in [-0.15, -0.1) is 0 Å². The Morgan fingerprint density at radius 3 is 2.72 bits per heavy atom. The number of aromatic nitrogens is 2. The van der Waals surface area contributed by atoms with E-state index in [0.29, 0.717) is 31.8 Å². The lowest BCUT2D eigenvalue weighted by Crippen LogP contribution is -2.42. The van der Waals surface area contributed by atoms with Gasteiger partial charge in [0.05, 0.1) is 15.5 Å². The fourth-order valence-electron chi connectivity index (χ4n) is 2.66. The summed E-state index contributed by atoms with van der Waals surface area (Å²) in [6.07, 6.45) is 4.26. The van der Waals surface area contributed by atoms with Gasteiger partial charge in [-0.05, 0) is 6.07 Å². The molecular formula is C16H15ClN4O4. The first-order valence-electron chi connectivity index (χ1n) is 7.70. The Balaban J connectivity index is 1.64. The first-order valence-corrected chi connectivity index (χ1v) is 8.08. The van der Waals surface area contributed by atoms with Crippen molar-refractivity contribution in [1.29, 1.82) is 0 Å². The second kappa shape index (κ2) is 7.43. The second-order valence-corrected chi connectivity index (χ2v) is 5.99. The van der Waals surface area contributed by atoms with Crippen molar-refractivity contribution < 1.29 is 14.5 Å². The molecule has 9 heteroatoms. The number of halogens is 1. The Morgan fingerprint density at radius 1 is 1.32 bits per heavy atom. The third-order valence-corrected chi connectivity index (χ3v) is 4.29. The number of nitro groups is 1. The standard InChI is InChI=1S/C16H15ClN4O4/c17-14-2-1-11(21(23)24)9-13(14)16(22)20-7-4-12(5-8-20)25-15-3-6-18-10-19-15/h1-3,6,9-10,12H,4-5,7-8H2. The molecule has 0 saturated carbocycles.